The molecule has 0 saturated carbocycles. The van der Waals surface area contributed by atoms with Crippen molar-refractivity contribution in [2.75, 3.05) is 12.4 Å². The molecule has 7 heteroatoms. The van der Waals surface area contributed by atoms with Crippen LogP contribution in [-0.4, -0.2) is 23.8 Å². The van der Waals surface area contributed by atoms with Gasteiger partial charge in [0.05, 0.1) is 19.2 Å². The summed E-state index contributed by atoms with van der Waals surface area (Å²) in [5, 5.41) is 3.56. The second-order valence-corrected chi connectivity index (χ2v) is 7.33. The maximum atomic E-state index is 14.2. The first-order chi connectivity index (χ1) is 15.0. The van der Waals surface area contributed by atoms with E-state index in [-0.39, 0.29) is 23.4 Å². The highest BCUT2D eigenvalue weighted by atomic mass is 35.5. The van der Waals surface area contributed by atoms with Crippen LogP contribution in [0.1, 0.15) is 11.1 Å². The molecule has 0 saturated heterocycles. The molecule has 4 rings (SSSR count). The molecule has 3 aromatic rings. The Morgan fingerprint density at radius 1 is 0.935 bits per heavy atom. The third kappa shape index (κ3) is 4.15. The SMILES string of the molecule is COc1ccc(NC2=C(c3ccc(Cl)cc3)C(=O)N(Cc3ccccc3F)C2=O)cc1. The number of anilines is 1. The normalized spacial score (nSPS) is 13.7. The van der Waals surface area contributed by atoms with Crippen LogP contribution in [0.3, 0.4) is 0 Å². The van der Waals surface area contributed by atoms with Gasteiger partial charge in [-0.1, -0.05) is 41.9 Å². The van der Waals surface area contributed by atoms with Gasteiger partial charge in [-0.3, -0.25) is 14.5 Å². The van der Waals surface area contributed by atoms with E-state index in [0.29, 0.717) is 22.0 Å². The van der Waals surface area contributed by atoms with Gasteiger partial charge < -0.3 is 10.1 Å². The van der Waals surface area contributed by atoms with E-state index in [1.807, 2.05) is 0 Å². The first kappa shape index (κ1) is 20.6. The quantitative estimate of drug-likeness (QED) is 0.559. The number of halogens is 2. The summed E-state index contributed by atoms with van der Waals surface area (Å²) in [6.45, 7) is -0.171. The fraction of sp³-hybridized carbons (Fsp3) is 0.0833. The molecule has 2 amide bonds. The van der Waals surface area contributed by atoms with Crippen molar-refractivity contribution in [2.24, 2.45) is 0 Å². The Balaban J connectivity index is 1.73. The number of hydrogen-bond acceptors (Lipinski definition) is 4. The summed E-state index contributed by atoms with van der Waals surface area (Å²) in [5.74, 6) is -0.860. The summed E-state index contributed by atoms with van der Waals surface area (Å²) in [6.07, 6.45) is 0. The summed E-state index contributed by atoms with van der Waals surface area (Å²) < 4.78 is 19.3. The third-order valence-corrected chi connectivity index (χ3v) is 5.20. The number of methoxy groups -OCH3 is 1. The summed E-state index contributed by atoms with van der Waals surface area (Å²) in [6, 6.07) is 19.7. The molecule has 156 valence electrons. The van der Waals surface area contributed by atoms with Crippen LogP contribution >= 0.6 is 11.6 Å². The van der Waals surface area contributed by atoms with Gasteiger partial charge in [0.25, 0.3) is 11.8 Å². The van der Waals surface area contributed by atoms with Gasteiger partial charge in [-0.25, -0.2) is 4.39 Å². The minimum atomic E-state index is -0.533. The Bertz CT molecular complexity index is 1170. The summed E-state index contributed by atoms with van der Waals surface area (Å²) >= 11 is 5.98. The highest BCUT2D eigenvalue weighted by Crippen LogP contribution is 2.32. The minimum absolute atomic E-state index is 0.119. The number of nitrogens with one attached hydrogen (secondary N) is 1. The maximum Gasteiger partial charge on any atom is 0.278 e. The molecule has 0 aromatic heterocycles. The van der Waals surface area contributed by atoms with Crippen molar-refractivity contribution in [1.82, 2.24) is 4.90 Å². The average molecular weight is 437 g/mol. The number of imide groups is 1. The highest BCUT2D eigenvalue weighted by molar-refractivity contribution is 6.36. The molecule has 0 fully saturated rings. The molecule has 0 aliphatic carbocycles. The van der Waals surface area contributed by atoms with E-state index in [1.165, 1.54) is 6.07 Å². The smallest absolute Gasteiger partial charge is 0.278 e. The van der Waals surface area contributed by atoms with Gasteiger partial charge in [0.15, 0.2) is 0 Å². The van der Waals surface area contributed by atoms with Crippen LogP contribution in [-0.2, 0) is 16.1 Å². The Hall–Kier alpha value is -3.64. The predicted molar refractivity (Wildman–Crippen MR) is 117 cm³/mol. The van der Waals surface area contributed by atoms with Gasteiger partial charge in [0.2, 0.25) is 0 Å². The number of benzene rings is 3. The highest BCUT2D eigenvalue weighted by Gasteiger charge is 2.39. The summed E-state index contributed by atoms with van der Waals surface area (Å²) in [7, 11) is 1.56. The Morgan fingerprint density at radius 3 is 2.26 bits per heavy atom. The molecule has 1 aliphatic rings. The minimum Gasteiger partial charge on any atom is -0.497 e. The van der Waals surface area contributed by atoms with Gasteiger partial charge in [-0.15, -0.1) is 0 Å². The summed E-state index contributed by atoms with van der Waals surface area (Å²) in [4.78, 5) is 27.5. The van der Waals surface area contributed by atoms with Gasteiger partial charge >= 0.3 is 0 Å². The first-order valence-corrected chi connectivity index (χ1v) is 9.86. The fourth-order valence-corrected chi connectivity index (χ4v) is 3.46. The van der Waals surface area contributed by atoms with E-state index in [9.17, 15) is 14.0 Å². The lowest BCUT2D eigenvalue weighted by Crippen LogP contribution is -2.32. The largest absolute Gasteiger partial charge is 0.497 e. The van der Waals surface area contributed by atoms with E-state index in [4.69, 9.17) is 16.3 Å². The van der Waals surface area contributed by atoms with E-state index >= 15 is 0 Å². The van der Waals surface area contributed by atoms with E-state index in [1.54, 1.807) is 73.8 Å². The molecule has 0 radical (unpaired) electrons. The summed E-state index contributed by atoms with van der Waals surface area (Å²) in [5.41, 5.74) is 1.72. The van der Waals surface area contributed by atoms with Gasteiger partial charge in [-0.05, 0) is 48.0 Å². The zero-order chi connectivity index (χ0) is 22.0. The van der Waals surface area contributed by atoms with Crippen molar-refractivity contribution in [3.05, 3.63) is 100 Å². The zero-order valence-corrected chi connectivity index (χ0v) is 17.3. The van der Waals surface area contributed by atoms with Crippen molar-refractivity contribution < 1.29 is 18.7 Å². The van der Waals surface area contributed by atoms with Crippen molar-refractivity contribution in [2.45, 2.75) is 6.54 Å². The predicted octanol–water partition coefficient (Wildman–Crippen LogP) is 4.88. The number of carbonyl (C=O) groups excluding carboxylic acids is 2. The fourth-order valence-electron chi connectivity index (χ4n) is 3.34. The van der Waals surface area contributed by atoms with Crippen molar-refractivity contribution in [3.63, 3.8) is 0 Å². The van der Waals surface area contributed by atoms with Crippen LogP contribution in [0.2, 0.25) is 5.02 Å². The molecular weight excluding hydrogens is 419 g/mol. The van der Waals surface area contributed by atoms with Crippen molar-refractivity contribution >= 4 is 34.7 Å². The number of carbonyl (C=O) groups is 2. The second-order valence-electron chi connectivity index (χ2n) is 6.90. The van der Waals surface area contributed by atoms with Crippen LogP contribution in [0.15, 0.2) is 78.5 Å². The standard InChI is InChI=1S/C24H18ClFN2O3/c1-31-19-12-10-18(11-13-19)27-22-21(15-6-8-17(25)9-7-15)23(29)28(24(22)30)14-16-4-2-3-5-20(16)26/h2-13,27H,14H2,1H3. The van der Waals surface area contributed by atoms with Crippen molar-refractivity contribution in [1.29, 1.82) is 0 Å². The molecule has 1 N–H and O–H groups in total. The van der Waals surface area contributed by atoms with Crippen molar-refractivity contribution in [3.8, 4) is 5.75 Å². The number of rotatable bonds is 6. The van der Waals surface area contributed by atoms with Gasteiger partial charge in [-0.2, -0.15) is 0 Å². The molecule has 0 bridgehead atoms. The van der Waals surface area contributed by atoms with E-state index < -0.39 is 17.6 Å². The maximum absolute atomic E-state index is 14.2. The Kier molecular flexibility index (Phi) is 5.73. The lowest BCUT2D eigenvalue weighted by Gasteiger charge is -2.16. The lowest BCUT2D eigenvalue weighted by molar-refractivity contribution is -0.137. The van der Waals surface area contributed by atoms with Crippen LogP contribution in [0.25, 0.3) is 5.57 Å². The molecule has 0 unspecified atom stereocenters. The van der Waals surface area contributed by atoms with Gasteiger partial charge in [0, 0.05) is 16.3 Å². The molecule has 0 spiro atoms. The number of ether oxygens (including phenoxy) is 1. The van der Waals surface area contributed by atoms with Crippen LogP contribution in [0.4, 0.5) is 10.1 Å². The number of amides is 2. The van der Waals surface area contributed by atoms with Crippen LogP contribution < -0.4 is 10.1 Å². The third-order valence-electron chi connectivity index (χ3n) is 4.95. The van der Waals surface area contributed by atoms with Crippen LogP contribution in [0, 0.1) is 5.82 Å². The molecule has 5 nitrogen and oxygen atoms in total. The molecule has 31 heavy (non-hydrogen) atoms. The Labute approximate surface area is 183 Å². The lowest BCUT2D eigenvalue weighted by atomic mass is 10.0. The second kappa shape index (κ2) is 8.62. The molecule has 0 atom stereocenters. The van der Waals surface area contributed by atoms with Gasteiger partial charge in [0.1, 0.15) is 17.3 Å². The number of hydrogen-bond donors (Lipinski definition) is 1. The molecule has 1 aliphatic heterocycles. The molecule has 1 heterocycles. The number of nitrogens with zero attached hydrogens (tertiary/aromatic N) is 1. The zero-order valence-electron chi connectivity index (χ0n) is 16.6. The molecule has 3 aromatic carbocycles. The Morgan fingerprint density at radius 2 is 1.61 bits per heavy atom. The topological polar surface area (TPSA) is 58.6 Å². The molecular formula is C24H18ClFN2O3. The first-order valence-electron chi connectivity index (χ1n) is 9.49. The van der Waals surface area contributed by atoms with E-state index in [0.717, 1.165) is 4.90 Å². The monoisotopic (exact) mass is 436 g/mol. The van der Waals surface area contributed by atoms with Crippen LogP contribution in [0.5, 0.6) is 5.75 Å². The van der Waals surface area contributed by atoms with E-state index in [2.05, 4.69) is 5.32 Å². The average Bonchev–Trinajstić information content (AvgIpc) is 3.00.